The second-order valence-corrected chi connectivity index (χ2v) is 7.50. The minimum atomic E-state index is -0.900. The van der Waals surface area contributed by atoms with Crippen molar-refractivity contribution in [3.63, 3.8) is 0 Å². The largest absolute Gasteiger partial charge is 0.478 e. The topological polar surface area (TPSA) is 78.9 Å². The SMILES string of the molecule is CC(C)(C)OC(=O)N1CCC(CNCc2ccccc2C(=O)O)CC1. The monoisotopic (exact) mass is 348 g/mol. The molecule has 138 valence electrons. The molecule has 1 fully saturated rings. The summed E-state index contributed by atoms with van der Waals surface area (Å²) in [6.45, 7) is 8.37. The van der Waals surface area contributed by atoms with Crippen LogP contribution in [0.15, 0.2) is 24.3 Å². The number of hydrogen-bond acceptors (Lipinski definition) is 4. The molecule has 0 radical (unpaired) electrons. The molecule has 0 bridgehead atoms. The molecular formula is C19H28N2O4. The summed E-state index contributed by atoms with van der Waals surface area (Å²) in [5.41, 5.74) is 0.670. The van der Waals surface area contributed by atoms with Crippen LogP contribution in [0.5, 0.6) is 0 Å². The van der Waals surface area contributed by atoms with Gasteiger partial charge in [0.25, 0.3) is 0 Å². The van der Waals surface area contributed by atoms with Gasteiger partial charge in [-0.15, -0.1) is 0 Å². The Kier molecular flexibility index (Phi) is 6.42. The van der Waals surface area contributed by atoms with Crippen molar-refractivity contribution in [2.75, 3.05) is 19.6 Å². The van der Waals surface area contributed by atoms with Crippen molar-refractivity contribution in [1.82, 2.24) is 10.2 Å². The van der Waals surface area contributed by atoms with Crippen molar-refractivity contribution in [1.29, 1.82) is 0 Å². The van der Waals surface area contributed by atoms with Gasteiger partial charge in [0, 0.05) is 19.6 Å². The highest BCUT2D eigenvalue weighted by Gasteiger charge is 2.26. The molecule has 1 saturated heterocycles. The molecule has 1 aromatic carbocycles. The number of benzene rings is 1. The molecule has 25 heavy (non-hydrogen) atoms. The zero-order chi connectivity index (χ0) is 18.4. The molecule has 0 atom stereocenters. The summed E-state index contributed by atoms with van der Waals surface area (Å²) in [5.74, 6) is -0.418. The van der Waals surface area contributed by atoms with Gasteiger partial charge >= 0.3 is 12.1 Å². The van der Waals surface area contributed by atoms with E-state index in [-0.39, 0.29) is 6.09 Å². The van der Waals surface area contributed by atoms with Gasteiger partial charge in [-0.1, -0.05) is 18.2 Å². The number of nitrogens with one attached hydrogen (secondary N) is 1. The maximum Gasteiger partial charge on any atom is 0.410 e. The van der Waals surface area contributed by atoms with E-state index in [1.54, 1.807) is 17.0 Å². The van der Waals surface area contributed by atoms with E-state index in [2.05, 4.69) is 5.32 Å². The summed E-state index contributed by atoms with van der Waals surface area (Å²) in [7, 11) is 0. The van der Waals surface area contributed by atoms with Crippen LogP contribution in [0.1, 0.15) is 49.5 Å². The van der Waals surface area contributed by atoms with Crippen molar-refractivity contribution in [2.24, 2.45) is 5.92 Å². The molecule has 6 nitrogen and oxygen atoms in total. The third kappa shape index (κ3) is 6.05. The molecule has 1 amide bonds. The molecular weight excluding hydrogens is 320 g/mol. The molecule has 1 aromatic rings. The fourth-order valence-corrected chi connectivity index (χ4v) is 2.94. The Morgan fingerprint density at radius 1 is 1.24 bits per heavy atom. The number of nitrogens with zero attached hydrogens (tertiary/aromatic N) is 1. The number of amides is 1. The van der Waals surface area contributed by atoms with Gasteiger partial charge in [0.1, 0.15) is 5.60 Å². The predicted molar refractivity (Wildman–Crippen MR) is 95.6 cm³/mol. The Morgan fingerprint density at radius 2 is 1.88 bits per heavy atom. The zero-order valence-electron chi connectivity index (χ0n) is 15.2. The Labute approximate surface area is 149 Å². The van der Waals surface area contributed by atoms with Crippen LogP contribution in [0.25, 0.3) is 0 Å². The van der Waals surface area contributed by atoms with Crippen molar-refractivity contribution in [3.05, 3.63) is 35.4 Å². The number of ether oxygens (including phenoxy) is 1. The number of aromatic carboxylic acids is 1. The minimum absolute atomic E-state index is 0.241. The standard InChI is InChI=1S/C19H28N2O4/c1-19(2,3)25-18(24)21-10-8-14(9-11-21)12-20-13-15-6-4-5-7-16(15)17(22)23/h4-7,14,20H,8-13H2,1-3H3,(H,22,23). The lowest BCUT2D eigenvalue weighted by Gasteiger charge is -2.33. The van der Waals surface area contributed by atoms with Gasteiger partial charge < -0.3 is 20.1 Å². The van der Waals surface area contributed by atoms with Crippen LogP contribution < -0.4 is 5.32 Å². The predicted octanol–water partition coefficient (Wildman–Crippen LogP) is 3.12. The maximum absolute atomic E-state index is 12.1. The van der Waals surface area contributed by atoms with Gasteiger partial charge in [0.15, 0.2) is 0 Å². The molecule has 0 spiro atoms. The Balaban J connectivity index is 1.74. The number of carboxylic acid groups (broad SMARTS) is 1. The highest BCUT2D eigenvalue weighted by atomic mass is 16.6. The van der Waals surface area contributed by atoms with Crippen LogP contribution in [0.3, 0.4) is 0 Å². The van der Waals surface area contributed by atoms with E-state index in [1.165, 1.54) is 0 Å². The van der Waals surface area contributed by atoms with E-state index in [1.807, 2.05) is 32.9 Å². The first-order chi connectivity index (χ1) is 11.8. The van der Waals surface area contributed by atoms with Crippen LogP contribution in [-0.4, -0.2) is 47.3 Å². The second-order valence-electron chi connectivity index (χ2n) is 7.50. The number of rotatable bonds is 5. The molecule has 0 unspecified atom stereocenters. The van der Waals surface area contributed by atoms with Crippen molar-refractivity contribution in [3.8, 4) is 0 Å². The molecule has 1 aliphatic heterocycles. The molecule has 0 saturated carbocycles. The molecule has 1 heterocycles. The van der Waals surface area contributed by atoms with Gasteiger partial charge in [-0.25, -0.2) is 9.59 Å². The van der Waals surface area contributed by atoms with E-state index in [9.17, 15) is 14.7 Å². The Bertz CT molecular complexity index is 602. The van der Waals surface area contributed by atoms with Crippen LogP contribution in [0.2, 0.25) is 0 Å². The summed E-state index contributed by atoms with van der Waals surface area (Å²) >= 11 is 0. The van der Waals surface area contributed by atoms with Crippen molar-refractivity contribution >= 4 is 12.1 Å². The maximum atomic E-state index is 12.1. The summed E-state index contributed by atoms with van der Waals surface area (Å²) in [5, 5.41) is 12.5. The number of likely N-dealkylation sites (tertiary alicyclic amines) is 1. The summed E-state index contributed by atoms with van der Waals surface area (Å²) in [6.07, 6.45) is 1.61. The fourth-order valence-electron chi connectivity index (χ4n) is 2.94. The lowest BCUT2D eigenvalue weighted by Crippen LogP contribution is -2.43. The minimum Gasteiger partial charge on any atom is -0.478 e. The smallest absolute Gasteiger partial charge is 0.410 e. The zero-order valence-corrected chi connectivity index (χ0v) is 15.2. The quantitative estimate of drug-likeness (QED) is 0.855. The molecule has 6 heteroatoms. The Morgan fingerprint density at radius 3 is 2.48 bits per heavy atom. The molecule has 2 rings (SSSR count). The number of piperidine rings is 1. The lowest BCUT2D eigenvalue weighted by molar-refractivity contribution is 0.0184. The molecule has 1 aliphatic rings. The average Bonchev–Trinajstić information content (AvgIpc) is 2.54. The summed E-state index contributed by atoms with van der Waals surface area (Å²) in [6, 6.07) is 7.04. The summed E-state index contributed by atoms with van der Waals surface area (Å²) < 4.78 is 5.40. The number of carbonyl (C=O) groups excluding carboxylic acids is 1. The van der Waals surface area contributed by atoms with E-state index in [4.69, 9.17) is 4.74 Å². The normalized spacial score (nSPS) is 15.9. The van der Waals surface area contributed by atoms with Gasteiger partial charge in [-0.3, -0.25) is 0 Å². The van der Waals surface area contributed by atoms with E-state index in [0.717, 1.165) is 24.9 Å². The average molecular weight is 348 g/mol. The molecule has 2 N–H and O–H groups in total. The summed E-state index contributed by atoms with van der Waals surface area (Å²) in [4.78, 5) is 25.0. The molecule has 0 aliphatic carbocycles. The van der Waals surface area contributed by atoms with Gasteiger partial charge in [-0.2, -0.15) is 0 Å². The highest BCUT2D eigenvalue weighted by Crippen LogP contribution is 2.19. The van der Waals surface area contributed by atoms with Gasteiger partial charge in [0.2, 0.25) is 0 Å². The first-order valence-corrected chi connectivity index (χ1v) is 8.76. The van der Waals surface area contributed by atoms with Crippen molar-refractivity contribution < 1.29 is 19.4 Å². The van der Waals surface area contributed by atoms with E-state index in [0.29, 0.717) is 31.1 Å². The van der Waals surface area contributed by atoms with Crippen LogP contribution in [0, 0.1) is 5.92 Å². The fraction of sp³-hybridized carbons (Fsp3) is 0.579. The number of carboxylic acids is 1. The first kappa shape index (κ1) is 19.2. The molecule has 0 aromatic heterocycles. The van der Waals surface area contributed by atoms with Gasteiger partial charge in [-0.05, 0) is 57.7 Å². The third-order valence-corrected chi connectivity index (χ3v) is 4.26. The van der Waals surface area contributed by atoms with Crippen LogP contribution in [0.4, 0.5) is 4.79 Å². The Hall–Kier alpha value is -2.08. The third-order valence-electron chi connectivity index (χ3n) is 4.26. The van der Waals surface area contributed by atoms with E-state index >= 15 is 0 Å². The second kappa shape index (κ2) is 8.34. The van der Waals surface area contributed by atoms with E-state index < -0.39 is 11.6 Å². The highest BCUT2D eigenvalue weighted by molar-refractivity contribution is 5.89. The van der Waals surface area contributed by atoms with Crippen molar-refractivity contribution in [2.45, 2.75) is 45.8 Å². The first-order valence-electron chi connectivity index (χ1n) is 8.76. The van der Waals surface area contributed by atoms with Gasteiger partial charge in [0.05, 0.1) is 5.56 Å². The van der Waals surface area contributed by atoms with Crippen LogP contribution in [-0.2, 0) is 11.3 Å². The lowest BCUT2D eigenvalue weighted by atomic mass is 9.97. The number of carbonyl (C=O) groups is 2. The van der Waals surface area contributed by atoms with Crippen LogP contribution >= 0.6 is 0 Å². The number of hydrogen-bond donors (Lipinski definition) is 2.